The molecule has 0 radical (unpaired) electrons. The molecule has 2 fully saturated rings. The maximum absolute atomic E-state index is 9.80. The van der Waals surface area contributed by atoms with Crippen LogP contribution in [0.25, 0.3) is 0 Å². The molecular formula is C13H25NO. The van der Waals surface area contributed by atoms with Gasteiger partial charge in [0.05, 0.1) is 6.10 Å². The Hall–Kier alpha value is -0.0800. The van der Waals surface area contributed by atoms with E-state index in [2.05, 4.69) is 5.32 Å². The second-order valence-electron chi connectivity index (χ2n) is 5.35. The summed E-state index contributed by atoms with van der Waals surface area (Å²) >= 11 is 0. The number of hydrogen-bond acceptors (Lipinski definition) is 2. The largest absolute Gasteiger partial charge is 0.392 e. The highest BCUT2D eigenvalue weighted by Gasteiger charge is 2.22. The zero-order valence-electron chi connectivity index (χ0n) is 9.75. The molecule has 15 heavy (non-hydrogen) atoms. The Balaban J connectivity index is 1.59. The van der Waals surface area contributed by atoms with E-state index < -0.39 is 0 Å². The molecule has 0 spiro atoms. The Labute approximate surface area is 93.5 Å². The number of rotatable bonds is 4. The van der Waals surface area contributed by atoms with E-state index in [1.54, 1.807) is 0 Å². The molecule has 2 heteroatoms. The first-order chi connectivity index (χ1) is 7.36. The van der Waals surface area contributed by atoms with E-state index in [9.17, 15) is 5.11 Å². The van der Waals surface area contributed by atoms with Crippen molar-refractivity contribution in [3.05, 3.63) is 0 Å². The molecule has 2 nitrogen and oxygen atoms in total. The quantitative estimate of drug-likeness (QED) is 0.748. The van der Waals surface area contributed by atoms with Gasteiger partial charge in [-0.2, -0.15) is 0 Å². The minimum atomic E-state index is -0.0812. The lowest BCUT2D eigenvalue weighted by Gasteiger charge is -2.28. The van der Waals surface area contributed by atoms with Crippen molar-refractivity contribution in [3.8, 4) is 0 Å². The molecule has 0 aromatic carbocycles. The van der Waals surface area contributed by atoms with Crippen molar-refractivity contribution >= 4 is 0 Å². The van der Waals surface area contributed by atoms with Crippen molar-refractivity contribution in [2.24, 2.45) is 5.92 Å². The van der Waals surface area contributed by atoms with E-state index >= 15 is 0 Å². The van der Waals surface area contributed by atoms with Gasteiger partial charge in [0, 0.05) is 6.04 Å². The summed E-state index contributed by atoms with van der Waals surface area (Å²) in [6.07, 6.45) is 11.7. The predicted octanol–water partition coefficient (Wildman–Crippen LogP) is 2.46. The fraction of sp³-hybridized carbons (Fsp3) is 1.00. The van der Waals surface area contributed by atoms with Gasteiger partial charge in [-0.1, -0.05) is 38.5 Å². The fourth-order valence-electron chi connectivity index (χ4n) is 3.12. The van der Waals surface area contributed by atoms with Crippen LogP contribution >= 0.6 is 0 Å². The first-order valence-electron chi connectivity index (χ1n) is 6.78. The highest BCUT2D eigenvalue weighted by atomic mass is 16.3. The maximum atomic E-state index is 9.80. The number of aliphatic hydroxyl groups excluding tert-OH is 1. The summed E-state index contributed by atoms with van der Waals surface area (Å²) in [6, 6.07) is 0.389. The first kappa shape index (κ1) is 11.4. The van der Waals surface area contributed by atoms with Gasteiger partial charge in [0.15, 0.2) is 0 Å². The Morgan fingerprint density at radius 3 is 2.33 bits per heavy atom. The van der Waals surface area contributed by atoms with Crippen LogP contribution in [0, 0.1) is 5.92 Å². The first-order valence-corrected chi connectivity index (χ1v) is 6.78. The van der Waals surface area contributed by atoms with Gasteiger partial charge in [0.25, 0.3) is 0 Å². The molecular weight excluding hydrogens is 186 g/mol. The molecule has 2 saturated carbocycles. The molecule has 0 aliphatic heterocycles. The van der Waals surface area contributed by atoms with E-state index in [-0.39, 0.29) is 6.10 Å². The van der Waals surface area contributed by atoms with Crippen molar-refractivity contribution in [2.45, 2.75) is 69.9 Å². The van der Waals surface area contributed by atoms with Gasteiger partial charge in [-0.25, -0.2) is 0 Å². The second-order valence-corrected chi connectivity index (χ2v) is 5.35. The van der Waals surface area contributed by atoms with Crippen LogP contribution in [-0.2, 0) is 0 Å². The fourth-order valence-corrected chi connectivity index (χ4v) is 3.12. The Morgan fingerprint density at radius 1 is 0.933 bits per heavy atom. The van der Waals surface area contributed by atoms with Gasteiger partial charge >= 0.3 is 0 Å². The van der Waals surface area contributed by atoms with Crippen molar-refractivity contribution < 1.29 is 5.11 Å². The lowest BCUT2D eigenvalue weighted by atomic mass is 9.92. The van der Waals surface area contributed by atoms with Crippen LogP contribution in [0.4, 0.5) is 0 Å². The van der Waals surface area contributed by atoms with Crippen molar-refractivity contribution in [2.75, 3.05) is 6.54 Å². The van der Waals surface area contributed by atoms with Crippen LogP contribution < -0.4 is 5.32 Å². The van der Waals surface area contributed by atoms with E-state index in [1.165, 1.54) is 51.4 Å². The minimum Gasteiger partial charge on any atom is -0.392 e. The SMILES string of the molecule is OC1CCCCC1NCCC1CCCC1. The molecule has 2 unspecified atom stereocenters. The van der Waals surface area contributed by atoms with Crippen LogP contribution in [-0.4, -0.2) is 23.8 Å². The van der Waals surface area contributed by atoms with Crippen molar-refractivity contribution in [3.63, 3.8) is 0 Å². The average Bonchev–Trinajstić information content (AvgIpc) is 2.74. The van der Waals surface area contributed by atoms with Crippen LogP contribution in [0.3, 0.4) is 0 Å². The number of nitrogens with one attached hydrogen (secondary N) is 1. The van der Waals surface area contributed by atoms with E-state index in [0.29, 0.717) is 6.04 Å². The summed E-state index contributed by atoms with van der Waals surface area (Å²) in [6.45, 7) is 1.12. The highest BCUT2D eigenvalue weighted by molar-refractivity contribution is 4.80. The van der Waals surface area contributed by atoms with Gasteiger partial charge in [0.2, 0.25) is 0 Å². The molecule has 0 bridgehead atoms. The standard InChI is InChI=1S/C13H25NO/c15-13-8-4-3-7-12(13)14-10-9-11-5-1-2-6-11/h11-15H,1-10H2. The third-order valence-electron chi connectivity index (χ3n) is 4.16. The summed E-state index contributed by atoms with van der Waals surface area (Å²) in [4.78, 5) is 0. The van der Waals surface area contributed by atoms with Crippen molar-refractivity contribution in [1.82, 2.24) is 5.32 Å². The minimum absolute atomic E-state index is 0.0812. The molecule has 0 aromatic rings. The van der Waals surface area contributed by atoms with Gasteiger partial charge in [0.1, 0.15) is 0 Å². The van der Waals surface area contributed by atoms with Crippen molar-refractivity contribution in [1.29, 1.82) is 0 Å². The van der Waals surface area contributed by atoms with E-state index in [4.69, 9.17) is 0 Å². The molecule has 88 valence electrons. The summed E-state index contributed by atoms with van der Waals surface area (Å²) in [7, 11) is 0. The van der Waals surface area contributed by atoms with Crippen LogP contribution in [0.5, 0.6) is 0 Å². The Kier molecular flexibility index (Phi) is 4.45. The molecule has 0 amide bonds. The van der Waals surface area contributed by atoms with Gasteiger partial charge in [-0.15, -0.1) is 0 Å². The molecule has 0 heterocycles. The zero-order valence-corrected chi connectivity index (χ0v) is 9.75. The lowest BCUT2D eigenvalue weighted by molar-refractivity contribution is 0.0904. The molecule has 2 N–H and O–H groups in total. The smallest absolute Gasteiger partial charge is 0.0693 e. The maximum Gasteiger partial charge on any atom is 0.0693 e. The highest BCUT2D eigenvalue weighted by Crippen LogP contribution is 2.27. The Bertz CT molecular complexity index is 177. The van der Waals surface area contributed by atoms with E-state index in [0.717, 1.165) is 18.9 Å². The number of hydrogen-bond donors (Lipinski definition) is 2. The molecule has 2 aliphatic carbocycles. The average molecular weight is 211 g/mol. The summed E-state index contributed by atoms with van der Waals surface area (Å²) < 4.78 is 0. The zero-order chi connectivity index (χ0) is 10.5. The normalized spacial score (nSPS) is 33.4. The van der Waals surface area contributed by atoms with E-state index in [1.807, 2.05) is 0 Å². The van der Waals surface area contributed by atoms with Crippen LogP contribution in [0.2, 0.25) is 0 Å². The monoisotopic (exact) mass is 211 g/mol. The van der Waals surface area contributed by atoms with Gasteiger partial charge < -0.3 is 10.4 Å². The summed E-state index contributed by atoms with van der Waals surface area (Å²) in [5.41, 5.74) is 0. The molecule has 0 saturated heterocycles. The molecule has 2 rings (SSSR count). The summed E-state index contributed by atoms with van der Waals surface area (Å²) in [5.74, 6) is 0.971. The summed E-state index contributed by atoms with van der Waals surface area (Å²) in [5, 5.41) is 13.3. The third kappa shape index (κ3) is 3.46. The molecule has 0 aromatic heterocycles. The topological polar surface area (TPSA) is 32.3 Å². The Morgan fingerprint density at radius 2 is 1.60 bits per heavy atom. The lowest BCUT2D eigenvalue weighted by Crippen LogP contribution is -2.42. The third-order valence-corrected chi connectivity index (χ3v) is 4.16. The molecule has 2 aliphatic rings. The second kappa shape index (κ2) is 5.86. The van der Waals surface area contributed by atoms with Crippen LogP contribution in [0.1, 0.15) is 57.8 Å². The number of aliphatic hydroxyl groups is 1. The predicted molar refractivity (Wildman–Crippen MR) is 62.8 cm³/mol. The van der Waals surface area contributed by atoms with Gasteiger partial charge in [-0.05, 0) is 31.7 Å². The van der Waals surface area contributed by atoms with Crippen LogP contribution in [0.15, 0.2) is 0 Å². The molecule has 2 atom stereocenters. The van der Waals surface area contributed by atoms with Gasteiger partial charge in [-0.3, -0.25) is 0 Å².